The molecule has 1 aromatic rings. The van der Waals surface area contributed by atoms with E-state index in [4.69, 9.17) is 5.11 Å². The van der Waals surface area contributed by atoms with E-state index in [0.29, 0.717) is 12.0 Å². The number of carboxylic acids is 1. The maximum atomic E-state index is 11.0. The largest absolute Gasteiger partial charge is 0.481 e. The van der Waals surface area contributed by atoms with Gasteiger partial charge in [-0.1, -0.05) is 26.0 Å². The van der Waals surface area contributed by atoms with Crippen molar-refractivity contribution < 1.29 is 14.8 Å². The van der Waals surface area contributed by atoms with Crippen LogP contribution in [-0.2, 0) is 4.79 Å². The quantitative estimate of drug-likeness (QED) is 0.630. The molecule has 0 amide bonds. The van der Waals surface area contributed by atoms with Crippen molar-refractivity contribution in [3.8, 4) is 0 Å². The Morgan fingerprint density at radius 3 is 2.65 bits per heavy atom. The van der Waals surface area contributed by atoms with E-state index in [9.17, 15) is 14.9 Å². The van der Waals surface area contributed by atoms with Crippen LogP contribution in [0.2, 0.25) is 0 Å². The highest BCUT2D eigenvalue weighted by Crippen LogP contribution is 2.30. The van der Waals surface area contributed by atoms with Crippen LogP contribution in [0.5, 0.6) is 0 Å². The Labute approximate surface area is 99.2 Å². The molecule has 1 rings (SSSR count). The van der Waals surface area contributed by atoms with Crippen LogP contribution in [0.1, 0.15) is 31.7 Å². The van der Waals surface area contributed by atoms with Gasteiger partial charge in [-0.25, -0.2) is 0 Å². The number of hydrogen-bond acceptors (Lipinski definition) is 3. The van der Waals surface area contributed by atoms with Gasteiger partial charge in [0.2, 0.25) is 0 Å². The average Bonchev–Trinajstić information content (AvgIpc) is 2.30. The smallest absolute Gasteiger partial charge is 0.306 e. The molecule has 0 saturated heterocycles. The number of benzene rings is 1. The van der Waals surface area contributed by atoms with Crippen LogP contribution in [0.4, 0.5) is 5.69 Å². The fraction of sp³-hybridized carbons (Fsp3) is 0.417. The third-order valence-corrected chi connectivity index (χ3v) is 2.94. The summed E-state index contributed by atoms with van der Waals surface area (Å²) in [6.45, 7) is 3.50. The summed E-state index contributed by atoms with van der Waals surface area (Å²) in [5, 5.41) is 19.6. The van der Waals surface area contributed by atoms with Crippen molar-refractivity contribution in [2.75, 3.05) is 0 Å². The Bertz CT molecular complexity index is 430. The Hall–Kier alpha value is -1.91. The van der Waals surface area contributed by atoms with Crippen LogP contribution in [0, 0.1) is 16.0 Å². The maximum absolute atomic E-state index is 11.0. The van der Waals surface area contributed by atoms with E-state index in [1.807, 2.05) is 6.92 Å². The van der Waals surface area contributed by atoms with Gasteiger partial charge in [0.25, 0.3) is 5.69 Å². The lowest BCUT2D eigenvalue weighted by atomic mass is 9.85. The van der Waals surface area contributed by atoms with Crippen molar-refractivity contribution in [2.24, 2.45) is 5.92 Å². The molecule has 5 heteroatoms. The monoisotopic (exact) mass is 237 g/mol. The molecular weight excluding hydrogens is 222 g/mol. The molecule has 0 radical (unpaired) electrons. The summed E-state index contributed by atoms with van der Waals surface area (Å²) in [5.41, 5.74) is 0.704. The summed E-state index contributed by atoms with van der Waals surface area (Å²) < 4.78 is 0. The van der Waals surface area contributed by atoms with Gasteiger partial charge in [0.1, 0.15) is 0 Å². The van der Waals surface area contributed by atoms with Crippen molar-refractivity contribution in [1.29, 1.82) is 0 Å². The van der Waals surface area contributed by atoms with Crippen molar-refractivity contribution >= 4 is 11.7 Å². The van der Waals surface area contributed by atoms with Crippen LogP contribution in [0.15, 0.2) is 24.3 Å². The summed E-state index contributed by atoms with van der Waals surface area (Å²) >= 11 is 0. The predicted octanol–water partition coefficient (Wildman–Crippen LogP) is 2.81. The van der Waals surface area contributed by atoms with Crippen molar-refractivity contribution in [2.45, 2.75) is 26.2 Å². The second kappa shape index (κ2) is 5.43. The van der Waals surface area contributed by atoms with Crippen molar-refractivity contribution in [3.63, 3.8) is 0 Å². The van der Waals surface area contributed by atoms with E-state index in [1.54, 1.807) is 19.1 Å². The average molecular weight is 237 g/mol. The Morgan fingerprint density at radius 1 is 1.53 bits per heavy atom. The molecular formula is C12H15NO4. The first-order chi connectivity index (χ1) is 7.97. The third-order valence-electron chi connectivity index (χ3n) is 2.94. The van der Waals surface area contributed by atoms with Crippen LogP contribution in [-0.4, -0.2) is 16.0 Å². The highest BCUT2D eigenvalue weighted by Gasteiger charge is 2.24. The minimum Gasteiger partial charge on any atom is -0.481 e. The molecule has 92 valence electrons. The lowest BCUT2D eigenvalue weighted by Crippen LogP contribution is -2.18. The van der Waals surface area contributed by atoms with Crippen LogP contribution in [0.25, 0.3) is 0 Å². The van der Waals surface area contributed by atoms with Crippen molar-refractivity contribution in [3.05, 3.63) is 39.9 Å². The van der Waals surface area contributed by atoms with E-state index in [2.05, 4.69) is 0 Å². The fourth-order valence-electron chi connectivity index (χ4n) is 1.92. The highest BCUT2D eigenvalue weighted by atomic mass is 16.6. The Morgan fingerprint density at radius 2 is 2.18 bits per heavy atom. The number of nitro groups is 1. The number of rotatable bonds is 5. The fourth-order valence-corrected chi connectivity index (χ4v) is 1.92. The molecule has 0 heterocycles. The van der Waals surface area contributed by atoms with E-state index >= 15 is 0 Å². The van der Waals surface area contributed by atoms with Crippen LogP contribution < -0.4 is 0 Å². The number of carboxylic acid groups (broad SMARTS) is 1. The minimum atomic E-state index is -0.886. The normalized spacial score (nSPS) is 14.0. The van der Waals surface area contributed by atoms with Crippen LogP contribution >= 0.6 is 0 Å². The van der Waals surface area contributed by atoms with Gasteiger partial charge >= 0.3 is 5.97 Å². The van der Waals surface area contributed by atoms with Gasteiger partial charge < -0.3 is 5.11 Å². The number of aliphatic carboxylic acids is 1. The topological polar surface area (TPSA) is 80.4 Å². The molecule has 0 spiro atoms. The highest BCUT2D eigenvalue weighted by molar-refractivity contribution is 5.71. The zero-order chi connectivity index (χ0) is 13.0. The molecule has 1 N–H and O–H groups in total. The lowest BCUT2D eigenvalue weighted by molar-refractivity contribution is -0.384. The molecule has 17 heavy (non-hydrogen) atoms. The third kappa shape index (κ3) is 3.03. The predicted molar refractivity (Wildman–Crippen MR) is 62.9 cm³/mol. The molecule has 0 bridgehead atoms. The van der Waals surface area contributed by atoms with Crippen molar-refractivity contribution in [1.82, 2.24) is 0 Å². The number of nitro benzene ring substituents is 1. The van der Waals surface area contributed by atoms with Gasteiger partial charge in [-0.15, -0.1) is 0 Å². The Balaban J connectivity index is 3.08. The molecule has 2 atom stereocenters. The van der Waals surface area contributed by atoms with E-state index in [0.717, 1.165) is 0 Å². The molecule has 0 aliphatic carbocycles. The molecule has 5 nitrogen and oxygen atoms in total. The second-order valence-corrected chi connectivity index (χ2v) is 3.99. The first-order valence-electron chi connectivity index (χ1n) is 5.44. The second-order valence-electron chi connectivity index (χ2n) is 3.99. The van der Waals surface area contributed by atoms with Gasteiger partial charge in [0.15, 0.2) is 0 Å². The molecule has 0 aliphatic rings. The first-order valence-corrected chi connectivity index (χ1v) is 5.44. The van der Waals surface area contributed by atoms with E-state index < -0.39 is 16.8 Å². The SMILES string of the molecule is CCC(c1cccc([N+](=O)[O-])c1)C(C)C(=O)O. The van der Waals surface area contributed by atoms with E-state index in [1.165, 1.54) is 12.1 Å². The zero-order valence-electron chi connectivity index (χ0n) is 9.79. The Kier molecular flexibility index (Phi) is 4.20. The molecule has 0 saturated carbocycles. The summed E-state index contributed by atoms with van der Waals surface area (Å²) in [7, 11) is 0. The molecule has 0 aliphatic heterocycles. The number of carbonyl (C=O) groups is 1. The molecule has 1 aromatic carbocycles. The van der Waals surface area contributed by atoms with Gasteiger partial charge in [0.05, 0.1) is 10.8 Å². The summed E-state index contributed by atoms with van der Waals surface area (Å²) in [5.74, 6) is -1.64. The zero-order valence-corrected chi connectivity index (χ0v) is 9.79. The minimum absolute atomic E-state index is 0.00135. The molecule has 0 fully saturated rings. The maximum Gasteiger partial charge on any atom is 0.306 e. The summed E-state index contributed by atoms with van der Waals surface area (Å²) in [4.78, 5) is 21.1. The van der Waals surface area contributed by atoms with Gasteiger partial charge in [0, 0.05) is 12.1 Å². The van der Waals surface area contributed by atoms with Gasteiger partial charge in [-0.2, -0.15) is 0 Å². The van der Waals surface area contributed by atoms with Gasteiger partial charge in [-0.3, -0.25) is 14.9 Å². The van der Waals surface area contributed by atoms with E-state index in [-0.39, 0.29) is 11.6 Å². The molecule has 2 unspecified atom stereocenters. The lowest BCUT2D eigenvalue weighted by Gasteiger charge is -2.19. The first kappa shape index (κ1) is 13.2. The number of hydrogen-bond donors (Lipinski definition) is 1. The van der Waals surface area contributed by atoms with Crippen LogP contribution in [0.3, 0.4) is 0 Å². The van der Waals surface area contributed by atoms with Gasteiger partial charge in [-0.05, 0) is 17.9 Å². The molecule has 0 aromatic heterocycles. The number of nitrogens with zero attached hydrogens (tertiary/aromatic N) is 1. The standard InChI is InChI=1S/C12H15NO4/c1-3-11(8(2)12(14)15)9-5-4-6-10(7-9)13(16)17/h4-8,11H,3H2,1-2H3,(H,14,15). The summed E-state index contributed by atoms with van der Waals surface area (Å²) in [6.07, 6.45) is 0.634. The number of non-ortho nitro benzene ring substituents is 1. The summed E-state index contributed by atoms with van der Waals surface area (Å²) in [6, 6.07) is 6.18.